The number of amides is 1. The molecule has 0 heterocycles. The molecule has 1 amide bonds. The summed E-state index contributed by atoms with van der Waals surface area (Å²) in [5.41, 5.74) is 0.252. The highest BCUT2D eigenvalue weighted by Crippen LogP contribution is 2.22. The number of para-hydroxylation sites is 1. The zero-order chi connectivity index (χ0) is 16.8. The van der Waals surface area contributed by atoms with Crippen LogP contribution in [0.25, 0.3) is 0 Å². The molecule has 0 aliphatic rings. The van der Waals surface area contributed by atoms with E-state index in [0.29, 0.717) is 26.2 Å². The van der Waals surface area contributed by atoms with Gasteiger partial charge >= 0.3 is 10.3 Å². The lowest BCUT2D eigenvalue weighted by Gasteiger charge is -2.22. The maximum atomic E-state index is 12.5. The Morgan fingerprint density at radius 1 is 1.00 bits per heavy atom. The van der Waals surface area contributed by atoms with E-state index in [1.807, 2.05) is 13.8 Å². The van der Waals surface area contributed by atoms with Crippen LogP contribution >= 0.6 is 0 Å². The Hall–Kier alpha value is -1.60. The van der Waals surface area contributed by atoms with Gasteiger partial charge in [-0.3, -0.25) is 4.79 Å². The van der Waals surface area contributed by atoms with E-state index in [-0.39, 0.29) is 17.2 Å². The van der Waals surface area contributed by atoms with Crippen LogP contribution in [0.4, 0.5) is 0 Å². The highest BCUT2D eigenvalue weighted by atomic mass is 32.2. The lowest BCUT2D eigenvalue weighted by atomic mass is 10.2. The second-order valence-corrected chi connectivity index (χ2v) is 6.14. The van der Waals surface area contributed by atoms with Gasteiger partial charge in [-0.05, 0) is 26.0 Å². The van der Waals surface area contributed by atoms with Crippen molar-refractivity contribution in [1.29, 1.82) is 0 Å². The number of carbonyl (C=O) groups excluding carboxylic acids is 1. The molecule has 1 aromatic rings. The molecule has 0 spiro atoms. The van der Waals surface area contributed by atoms with Gasteiger partial charge in [0.25, 0.3) is 5.91 Å². The summed E-state index contributed by atoms with van der Waals surface area (Å²) in [6.45, 7) is 8.93. The Morgan fingerprint density at radius 2 is 1.55 bits per heavy atom. The Kier molecular flexibility index (Phi) is 6.83. The summed E-state index contributed by atoms with van der Waals surface area (Å²) in [7, 11) is -3.91. The van der Waals surface area contributed by atoms with Crippen LogP contribution in [0, 0.1) is 0 Å². The molecule has 0 aliphatic carbocycles. The molecule has 0 unspecified atom stereocenters. The molecule has 0 aromatic heterocycles. The summed E-state index contributed by atoms with van der Waals surface area (Å²) in [5, 5.41) is 0. The zero-order valence-electron chi connectivity index (χ0n) is 13.6. The van der Waals surface area contributed by atoms with Crippen LogP contribution in [0.15, 0.2) is 24.3 Å². The Labute approximate surface area is 132 Å². The van der Waals surface area contributed by atoms with Gasteiger partial charge in [-0.1, -0.05) is 26.0 Å². The Balaban J connectivity index is 3.15. The fourth-order valence-electron chi connectivity index (χ4n) is 2.10. The zero-order valence-corrected chi connectivity index (χ0v) is 14.4. The molecule has 6 nitrogen and oxygen atoms in total. The smallest absolute Gasteiger partial charge is 0.370 e. The highest BCUT2D eigenvalue weighted by molar-refractivity contribution is 7.84. The van der Waals surface area contributed by atoms with Crippen LogP contribution in [0.5, 0.6) is 5.75 Å². The van der Waals surface area contributed by atoms with Crippen LogP contribution in [0.3, 0.4) is 0 Å². The van der Waals surface area contributed by atoms with Gasteiger partial charge in [0, 0.05) is 26.2 Å². The van der Waals surface area contributed by atoms with E-state index in [9.17, 15) is 13.2 Å². The molecule has 0 atom stereocenters. The third-order valence-electron chi connectivity index (χ3n) is 3.38. The maximum Gasteiger partial charge on any atom is 0.385 e. The van der Waals surface area contributed by atoms with E-state index < -0.39 is 10.3 Å². The molecule has 0 saturated carbocycles. The minimum Gasteiger partial charge on any atom is -0.370 e. The molecule has 0 saturated heterocycles. The molecule has 0 fully saturated rings. The summed E-state index contributed by atoms with van der Waals surface area (Å²) in [6.07, 6.45) is 0. The van der Waals surface area contributed by atoms with Gasteiger partial charge in [-0.25, -0.2) is 0 Å². The number of rotatable bonds is 8. The van der Waals surface area contributed by atoms with Gasteiger partial charge in [0.1, 0.15) is 0 Å². The van der Waals surface area contributed by atoms with Crippen molar-refractivity contribution in [2.24, 2.45) is 0 Å². The van der Waals surface area contributed by atoms with E-state index in [2.05, 4.69) is 0 Å². The lowest BCUT2D eigenvalue weighted by molar-refractivity contribution is 0.0771. The van der Waals surface area contributed by atoms with Crippen molar-refractivity contribution >= 4 is 16.2 Å². The van der Waals surface area contributed by atoms with E-state index in [0.717, 1.165) is 0 Å². The predicted molar refractivity (Wildman–Crippen MR) is 86.2 cm³/mol. The standard InChI is InChI=1S/C15H24N2O4S/c1-5-16(6-2)15(18)13-11-9-10-12-14(13)21-22(19,20)17(7-3)8-4/h9-12H,5-8H2,1-4H3. The molecule has 0 N–H and O–H groups in total. The second-order valence-electron chi connectivity index (χ2n) is 4.60. The highest BCUT2D eigenvalue weighted by Gasteiger charge is 2.25. The summed E-state index contributed by atoms with van der Waals surface area (Å²) in [4.78, 5) is 14.1. The van der Waals surface area contributed by atoms with Crippen LogP contribution in [-0.4, -0.2) is 49.7 Å². The van der Waals surface area contributed by atoms with Crippen molar-refractivity contribution in [2.75, 3.05) is 26.2 Å². The summed E-state index contributed by atoms with van der Waals surface area (Å²) in [5.74, 6) is -0.179. The normalized spacial score (nSPS) is 11.5. The summed E-state index contributed by atoms with van der Waals surface area (Å²) >= 11 is 0. The fraction of sp³-hybridized carbons (Fsp3) is 0.533. The number of hydrogen-bond donors (Lipinski definition) is 0. The first kappa shape index (κ1) is 18.4. The molecule has 0 aliphatic heterocycles. The molecule has 1 rings (SSSR count). The van der Waals surface area contributed by atoms with Gasteiger partial charge in [0.15, 0.2) is 5.75 Å². The van der Waals surface area contributed by atoms with Crippen molar-refractivity contribution in [3.63, 3.8) is 0 Å². The summed E-state index contributed by atoms with van der Waals surface area (Å²) < 4.78 is 30.8. The van der Waals surface area contributed by atoms with Gasteiger partial charge in [-0.15, -0.1) is 0 Å². The lowest BCUT2D eigenvalue weighted by Crippen LogP contribution is -2.35. The molecule has 0 bridgehead atoms. The minimum atomic E-state index is -3.91. The van der Waals surface area contributed by atoms with Crippen molar-refractivity contribution in [2.45, 2.75) is 27.7 Å². The SMILES string of the molecule is CCN(CC)C(=O)c1ccccc1OS(=O)(=O)N(CC)CC. The van der Waals surface area contributed by atoms with Crippen molar-refractivity contribution in [3.8, 4) is 5.75 Å². The van der Waals surface area contributed by atoms with Crippen LogP contribution in [-0.2, 0) is 10.3 Å². The third kappa shape index (κ3) is 4.20. The predicted octanol–water partition coefficient (Wildman–Crippen LogP) is 2.13. The Bertz CT molecular complexity index is 593. The van der Waals surface area contributed by atoms with E-state index in [1.54, 1.807) is 36.9 Å². The first-order valence-electron chi connectivity index (χ1n) is 7.49. The number of hydrogen-bond acceptors (Lipinski definition) is 4. The third-order valence-corrected chi connectivity index (χ3v) is 4.92. The molecule has 124 valence electrons. The van der Waals surface area contributed by atoms with E-state index >= 15 is 0 Å². The largest absolute Gasteiger partial charge is 0.385 e. The molecule has 0 radical (unpaired) electrons. The fourth-order valence-corrected chi connectivity index (χ4v) is 3.21. The van der Waals surface area contributed by atoms with E-state index in [4.69, 9.17) is 4.18 Å². The monoisotopic (exact) mass is 328 g/mol. The average Bonchev–Trinajstić information content (AvgIpc) is 2.49. The van der Waals surface area contributed by atoms with Crippen molar-refractivity contribution in [3.05, 3.63) is 29.8 Å². The number of benzene rings is 1. The second kappa shape index (κ2) is 8.14. The minimum absolute atomic E-state index is 0.0614. The summed E-state index contributed by atoms with van der Waals surface area (Å²) in [6, 6.07) is 6.41. The molecule has 7 heteroatoms. The number of carbonyl (C=O) groups is 1. The van der Waals surface area contributed by atoms with Crippen molar-refractivity contribution in [1.82, 2.24) is 9.21 Å². The molecule has 22 heavy (non-hydrogen) atoms. The van der Waals surface area contributed by atoms with Gasteiger partial charge in [-0.2, -0.15) is 12.7 Å². The van der Waals surface area contributed by atoms with Crippen LogP contribution < -0.4 is 4.18 Å². The topological polar surface area (TPSA) is 66.9 Å². The molecular weight excluding hydrogens is 304 g/mol. The molecular formula is C15H24N2O4S. The number of nitrogens with zero attached hydrogens (tertiary/aromatic N) is 2. The van der Waals surface area contributed by atoms with Gasteiger partial charge < -0.3 is 9.08 Å². The maximum absolute atomic E-state index is 12.5. The van der Waals surface area contributed by atoms with Gasteiger partial charge in [0.05, 0.1) is 5.56 Å². The van der Waals surface area contributed by atoms with Crippen molar-refractivity contribution < 1.29 is 17.4 Å². The first-order valence-corrected chi connectivity index (χ1v) is 8.85. The van der Waals surface area contributed by atoms with Gasteiger partial charge in [0.2, 0.25) is 0 Å². The quantitative estimate of drug-likeness (QED) is 0.733. The average molecular weight is 328 g/mol. The van der Waals surface area contributed by atoms with E-state index in [1.165, 1.54) is 10.4 Å². The first-order chi connectivity index (χ1) is 10.4. The van der Waals surface area contributed by atoms with Crippen LogP contribution in [0.2, 0.25) is 0 Å². The van der Waals surface area contributed by atoms with Crippen LogP contribution in [0.1, 0.15) is 38.1 Å². The Morgan fingerprint density at radius 3 is 2.05 bits per heavy atom. The molecule has 1 aromatic carbocycles.